The summed E-state index contributed by atoms with van der Waals surface area (Å²) in [6, 6.07) is -0.225. The molecule has 0 radical (unpaired) electrons. The fourth-order valence-electron chi connectivity index (χ4n) is 0.984. The fraction of sp³-hybridized carbons (Fsp3) is 0.500. The summed E-state index contributed by atoms with van der Waals surface area (Å²) in [5.41, 5.74) is 0. The van der Waals surface area contributed by atoms with Gasteiger partial charge in [-0.1, -0.05) is 11.6 Å². The van der Waals surface area contributed by atoms with Gasteiger partial charge in [-0.05, 0) is 15.9 Å². The van der Waals surface area contributed by atoms with Gasteiger partial charge in [-0.2, -0.15) is 0 Å². The Labute approximate surface area is 101 Å². The summed E-state index contributed by atoms with van der Waals surface area (Å²) in [6.45, 7) is 0.326. The van der Waals surface area contributed by atoms with E-state index in [-0.39, 0.29) is 12.6 Å². The molecule has 15 heavy (non-hydrogen) atoms. The van der Waals surface area contributed by atoms with Gasteiger partial charge in [0.15, 0.2) is 0 Å². The van der Waals surface area contributed by atoms with Gasteiger partial charge in [0.25, 0.3) is 0 Å². The van der Waals surface area contributed by atoms with Gasteiger partial charge in [0.05, 0.1) is 23.7 Å². The molecule has 0 bridgehead atoms. The number of rotatable bonds is 5. The molecule has 0 aliphatic carbocycles. The maximum atomic E-state index is 9.04. The van der Waals surface area contributed by atoms with Gasteiger partial charge in [0, 0.05) is 7.11 Å². The average Bonchev–Trinajstić information content (AvgIpc) is 2.24. The molecule has 1 atom stereocenters. The minimum atomic E-state index is -0.225. The van der Waals surface area contributed by atoms with Crippen molar-refractivity contribution in [1.29, 1.82) is 0 Å². The first kappa shape index (κ1) is 12.6. The van der Waals surface area contributed by atoms with Crippen molar-refractivity contribution < 1.29 is 9.84 Å². The summed E-state index contributed by atoms with van der Waals surface area (Å²) < 4.78 is 5.49. The van der Waals surface area contributed by atoms with Crippen LogP contribution >= 0.6 is 27.5 Å². The second kappa shape index (κ2) is 6.22. The number of methoxy groups -OCH3 is 1. The van der Waals surface area contributed by atoms with Crippen molar-refractivity contribution in [3.05, 3.63) is 16.0 Å². The first-order valence-electron chi connectivity index (χ1n) is 4.21. The maximum absolute atomic E-state index is 9.04. The van der Waals surface area contributed by atoms with E-state index in [1.54, 1.807) is 7.11 Å². The van der Waals surface area contributed by atoms with Crippen LogP contribution in [0.4, 0.5) is 5.82 Å². The summed E-state index contributed by atoms with van der Waals surface area (Å²) >= 11 is 9.03. The Kier molecular flexibility index (Phi) is 5.24. The van der Waals surface area contributed by atoms with Gasteiger partial charge in [-0.15, -0.1) is 0 Å². The molecule has 7 heteroatoms. The minimum Gasteiger partial charge on any atom is -0.394 e. The normalized spacial score (nSPS) is 12.5. The Hall–Kier alpha value is -0.430. The molecule has 0 aliphatic rings. The van der Waals surface area contributed by atoms with Crippen LogP contribution in [0.1, 0.15) is 0 Å². The van der Waals surface area contributed by atoms with Crippen LogP contribution in [0.25, 0.3) is 0 Å². The number of aliphatic hydroxyl groups is 1. The minimum absolute atomic E-state index is 0.0537. The summed E-state index contributed by atoms with van der Waals surface area (Å²) in [6.07, 6.45) is 1.34. The number of aromatic nitrogens is 2. The number of nitrogens with one attached hydrogen (secondary N) is 1. The molecule has 0 amide bonds. The Morgan fingerprint density at radius 2 is 2.40 bits per heavy atom. The van der Waals surface area contributed by atoms with Gasteiger partial charge >= 0.3 is 0 Å². The van der Waals surface area contributed by atoms with Crippen molar-refractivity contribution in [3.63, 3.8) is 0 Å². The first-order valence-corrected chi connectivity index (χ1v) is 5.38. The average molecular weight is 297 g/mol. The largest absolute Gasteiger partial charge is 0.394 e. The molecule has 0 aromatic carbocycles. The lowest BCUT2D eigenvalue weighted by molar-refractivity contribution is 0.153. The van der Waals surface area contributed by atoms with Gasteiger partial charge in [-0.25, -0.2) is 9.97 Å². The van der Waals surface area contributed by atoms with E-state index in [1.165, 1.54) is 6.33 Å². The van der Waals surface area contributed by atoms with Crippen LogP contribution in [-0.2, 0) is 4.74 Å². The van der Waals surface area contributed by atoms with Crippen LogP contribution in [0.5, 0.6) is 0 Å². The highest BCUT2D eigenvalue weighted by Crippen LogP contribution is 2.26. The van der Waals surface area contributed by atoms with Crippen molar-refractivity contribution in [2.45, 2.75) is 6.04 Å². The molecule has 0 spiro atoms. The Morgan fingerprint density at radius 1 is 1.67 bits per heavy atom. The van der Waals surface area contributed by atoms with E-state index in [0.717, 1.165) is 0 Å². The monoisotopic (exact) mass is 295 g/mol. The molecule has 0 saturated carbocycles. The number of hydrogen-bond donors (Lipinski definition) is 2. The number of halogens is 2. The zero-order valence-corrected chi connectivity index (χ0v) is 10.4. The Bertz CT molecular complexity index is 327. The SMILES string of the molecule is COCC(CO)Nc1ncnc(Cl)c1Br. The number of anilines is 1. The summed E-state index contributed by atoms with van der Waals surface area (Å²) in [5.74, 6) is 0.533. The van der Waals surface area contributed by atoms with Crippen molar-refractivity contribution in [2.24, 2.45) is 0 Å². The predicted molar refractivity (Wildman–Crippen MR) is 61.1 cm³/mol. The van der Waals surface area contributed by atoms with Crippen molar-refractivity contribution in [1.82, 2.24) is 9.97 Å². The molecule has 1 aromatic heterocycles. The molecule has 1 heterocycles. The van der Waals surface area contributed by atoms with Gasteiger partial charge in [-0.3, -0.25) is 0 Å². The third-order valence-corrected chi connectivity index (χ3v) is 2.94. The zero-order valence-electron chi connectivity index (χ0n) is 8.07. The third-order valence-electron chi connectivity index (χ3n) is 1.68. The van der Waals surface area contributed by atoms with E-state index >= 15 is 0 Å². The van der Waals surface area contributed by atoms with E-state index in [9.17, 15) is 0 Å². The van der Waals surface area contributed by atoms with E-state index in [1.807, 2.05) is 0 Å². The van der Waals surface area contributed by atoms with E-state index in [0.29, 0.717) is 22.1 Å². The molecule has 5 nitrogen and oxygen atoms in total. The number of aliphatic hydroxyl groups excluding tert-OH is 1. The van der Waals surface area contributed by atoms with Gasteiger partial charge in [0.2, 0.25) is 0 Å². The standard InChI is InChI=1S/C8H11BrClN3O2/c1-15-3-5(2-14)13-8-6(9)7(10)11-4-12-8/h4-5,14H,2-3H2,1H3,(H,11,12,13). The smallest absolute Gasteiger partial charge is 0.148 e. The lowest BCUT2D eigenvalue weighted by Crippen LogP contribution is -2.29. The highest BCUT2D eigenvalue weighted by molar-refractivity contribution is 9.10. The molecule has 84 valence electrons. The second-order valence-electron chi connectivity index (χ2n) is 2.81. The van der Waals surface area contributed by atoms with Crippen LogP contribution in [0.2, 0.25) is 5.15 Å². The summed E-state index contributed by atoms with van der Waals surface area (Å²) in [5, 5.41) is 12.3. The zero-order chi connectivity index (χ0) is 11.3. The summed E-state index contributed by atoms with van der Waals surface area (Å²) in [7, 11) is 1.56. The number of hydrogen-bond acceptors (Lipinski definition) is 5. The van der Waals surface area contributed by atoms with Gasteiger partial charge < -0.3 is 15.2 Å². The highest BCUT2D eigenvalue weighted by atomic mass is 79.9. The van der Waals surface area contributed by atoms with Crippen LogP contribution < -0.4 is 5.32 Å². The lowest BCUT2D eigenvalue weighted by Gasteiger charge is -2.16. The van der Waals surface area contributed by atoms with Crippen LogP contribution in [0.3, 0.4) is 0 Å². The van der Waals surface area contributed by atoms with Crippen LogP contribution in [-0.4, -0.2) is 41.4 Å². The number of nitrogens with zero attached hydrogens (tertiary/aromatic N) is 2. The quantitative estimate of drug-likeness (QED) is 0.802. The molecular weight excluding hydrogens is 285 g/mol. The first-order chi connectivity index (χ1) is 7.19. The third kappa shape index (κ3) is 3.57. The molecule has 0 saturated heterocycles. The Balaban J connectivity index is 2.74. The molecule has 1 aromatic rings. The van der Waals surface area contributed by atoms with Crippen molar-refractivity contribution >= 4 is 33.3 Å². The molecule has 0 fully saturated rings. The maximum Gasteiger partial charge on any atom is 0.148 e. The lowest BCUT2D eigenvalue weighted by atomic mass is 10.3. The summed E-state index contributed by atoms with van der Waals surface area (Å²) in [4.78, 5) is 7.78. The predicted octanol–water partition coefficient (Wildman–Crippen LogP) is 1.31. The molecule has 2 N–H and O–H groups in total. The molecule has 1 rings (SSSR count). The van der Waals surface area contributed by atoms with E-state index in [4.69, 9.17) is 21.4 Å². The van der Waals surface area contributed by atoms with Crippen molar-refractivity contribution in [3.8, 4) is 0 Å². The van der Waals surface area contributed by atoms with E-state index < -0.39 is 0 Å². The molecule has 1 unspecified atom stereocenters. The molecular formula is C8H11BrClN3O2. The van der Waals surface area contributed by atoms with Crippen LogP contribution in [0, 0.1) is 0 Å². The topological polar surface area (TPSA) is 67.3 Å². The van der Waals surface area contributed by atoms with Gasteiger partial charge in [0.1, 0.15) is 17.3 Å². The highest BCUT2D eigenvalue weighted by Gasteiger charge is 2.12. The van der Waals surface area contributed by atoms with Crippen LogP contribution in [0.15, 0.2) is 10.8 Å². The number of ether oxygens (including phenoxy) is 1. The van der Waals surface area contributed by atoms with E-state index in [2.05, 4.69) is 31.2 Å². The molecule has 0 aliphatic heterocycles. The van der Waals surface area contributed by atoms with Crippen molar-refractivity contribution in [2.75, 3.05) is 25.6 Å². The second-order valence-corrected chi connectivity index (χ2v) is 3.96. The fourth-order valence-corrected chi connectivity index (χ4v) is 1.44. The Morgan fingerprint density at radius 3 is 3.00 bits per heavy atom.